The van der Waals surface area contributed by atoms with Gasteiger partial charge in [-0.05, 0) is 71.5 Å². The molecule has 0 spiro atoms. The van der Waals surface area contributed by atoms with E-state index >= 15 is 0 Å². The summed E-state index contributed by atoms with van der Waals surface area (Å²) in [5.41, 5.74) is 4.33. The molecule has 7 heteroatoms. The van der Waals surface area contributed by atoms with Crippen LogP contribution in [0, 0.1) is 5.82 Å². The van der Waals surface area contributed by atoms with Crippen LogP contribution in [0.1, 0.15) is 36.0 Å². The molecule has 2 aliphatic rings. The van der Waals surface area contributed by atoms with Crippen molar-refractivity contribution in [2.45, 2.75) is 25.4 Å². The van der Waals surface area contributed by atoms with Gasteiger partial charge in [0, 0.05) is 37.7 Å². The highest BCUT2D eigenvalue weighted by Gasteiger charge is 2.25. The molecule has 1 fully saturated rings. The van der Waals surface area contributed by atoms with Gasteiger partial charge in [-0.25, -0.2) is 4.39 Å². The zero-order valence-electron chi connectivity index (χ0n) is 19.9. The largest absolute Gasteiger partial charge is 0.508 e. The standard InChI is InChI=1S/C29H28ClF2NO3/c30-26-9-4-20(16-27(26)32)24-11-15-35-28-17-21(34)5-8-25(28)29(24)19-2-6-22(7-3-19)36-23-10-14-33(18-23)13-1-12-31/h2-9,16-17,23,34H,1,10-15,18H2/t23-/m0/s1. The Hall–Kier alpha value is -3.09. The zero-order chi connectivity index (χ0) is 25.1. The Labute approximate surface area is 214 Å². The average Bonchev–Trinajstić information content (AvgIpc) is 3.23. The van der Waals surface area contributed by atoms with Crippen LogP contribution in [0.15, 0.2) is 60.7 Å². The third kappa shape index (κ3) is 5.35. The van der Waals surface area contributed by atoms with Crippen LogP contribution in [0.4, 0.5) is 8.78 Å². The molecular weight excluding hydrogens is 484 g/mol. The van der Waals surface area contributed by atoms with Crippen molar-refractivity contribution in [3.05, 3.63) is 88.2 Å². The van der Waals surface area contributed by atoms with E-state index in [9.17, 15) is 13.9 Å². The first-order valence-electron chi connectivity index (χ1n) is 12.2. The van der Waals surface area contributed by atoms with E-state index in [1.807, 2.05) is 36.4 Å². The lowest BCUT2D eigenvalue weighted by Crippen LogP contribution is -2.26. The van der Waals surface area contributed by atoms with Gasteiger partial charge in [-0.2, -0.15) is 0 Å². The van der Waals surface area contributed by atoms with Crippen LogP contribution in [0.3, 0.4) is 0 Å². The molecule has 1 N–H and O–H groups in total. The Kier molecular flexibility index (Phi) is 7.44. The minimum Gasteiger partial charge on any atom is -0.508 e. The normalized spacial score (nSPS) is 18.0. The third-order valence-corrected chi connectivity index (χ3v) is 7.00. The molecule has 3 aromatic carbocycles. The number of phenolic OH excluding ortho intramolecular Hbond substituents is 1. The van der Waals surface area contributed by atoms with Crippen LogP contribution in [0.2, 0.25) is 5.02 Å². The predicted molar refractivity (Wildman–Crippen MR) is 138 cm³/mol. The summed E-state index contributed by atoms with van der Waals surface area (Å²) in [6.45, 7) is 2.57. The van der Waals surface area contributed by atoms with Crippen molar-refractivity contribution in [3.63, 3.8) is 0 Å². The molecule has 36 heavy (non-hydrogen) atoms. The second kappa shape index (κ2) is 10.9. The number of rotatable bonds is 7. The van der Waals surface area contributed by atoms with Gasteiger partial charge < -0.3 is 14.6 Å². The maximum Gasteiger partial charge on any atom is 0.142 e. The number of hydrogen-bond donors (Lipinski definition) is 1. The number of aromatic hydroxyl groups is 1. The van der Waals surface area contributed by atoms with Gasteiger partial charge >= 0.3 is 0 Å². The first-order chi connectivity index (χ1) is 17.5. The fourth-order valence-electron chi connectivity index (χ4n) is 4.96. The predicted octanol–water partition coefficient (Wildman–Crippen LogP) is 6.74. The summed E-state index contributed by atoms with van der Waals surface area (Å²) < 4.78 is 39.1. The van der Waals surface area contributed by atoms with Gasteiger partial charge in [0.25, 0.3) is 0 Å². The van der Waals surface area contributed by atoms with Gasteiger partial charge in [-0.15, -0.1) is 0 Å². The number of alkyl halides is 1. The number of fused-ring (bicyclic) bond motifs is 1. The number of benzene rings is 3. The number of halogens is 3. The molecule has 3 aromatic rings. The molecule has 1 saturated heterocycles. The molecule has 0 unspecified atom stereocenters. The molecule has 0 aromatic heterocycles. The van der Waals surface area contributed by atoms with Crippen molar-refractivity contribution < 1.29 is 23.4 Å². The fraction of sp³-hybridized carbons (Fsp3) is 0.310. The number of phenols is 1. The summed E-state index contributed by atoms with van der Waals surface area (Å²) >= 11 is 5.95. The van der Waals surface area contributed by atoms with Crippen LogP contribution in [0.25, 0.3) is 11.1 Å². The minimum atomic E-state index is -0.474. The number of nitrogens with zero attached hydrogens (tertiary/aromatic N) is 1. The maximum absolute atomic E-state index is 14.4. The molecule has 2 heterocycles. The van der Waals surface area contributed by atoms with Crippen LogP contribution >= 0.6 is 11.6 Å². The lowest BCUT2D eigenvalue weighted by molar-refractivity contribution is 0.198. The van der Waals surface area contributed by atoms with Crippen LogP contribution in [-0.4, -0.2) is 49.0 Å². The smallest absolute Gasteiger partial charge is 0.142 e. The third-order valence-electron chi connectivity index (χ3n) is 6.70. The van der Waals surface area contributed by atoms with Gasteiger partial charge in [-0.1, -0.05) is 29.8 Å². The van der Waals surface area contributed by atoms with Crippen molar-refractivity contribution in [3.8, 4) is 17.2 Å². The van der Waals surface area contributed by atoms with E-state index in [4.69, 9.17) is 21.1 Å². The van der Waals surface area contributed by atoms with Gasteiger partial charge in [0.05, 0.1) is 18.3 Å². The van der Waals surface area contributed by atoms with Gasteiger partial charge in [0.1, 0.15) is 29.2 Å². The zero-order valence-corrected chi connectivity index (χ0v) is 20.6. The van der Waals surface area contributed by atoms with E-state index in [0.29, 0.717) is 25.2 Å². The Morgan fingerprint density at radius 3 is 2.64 bits per heavy atom. The highest BCUT2D eigenvalue weighted by Crippen LogP contribution is 2.42. The Morgan fingerprint density at radius 1 is 1.06 bits per heavy atom. The van der Waals surface area contributed by atoms with Crippen molar-refractivity contribution in [2.75, 3.05) is 32.9 Å². The number of likely N-dealkylation sites (tertiary alicyclic amines) is 1. The van der Waals surface area contributed by atoms with Crippen molar-refractivity contribution in [1.82, 2.24) is 4.90 Å². The van der Waals surface area contributed by atoms with Gasteiger partial charge in [-0.3, -0.25) is 9.29 Å². The Balaban J connectivity index is 1.48. The summed E-state index contributed by atoms with van der Waals surface area (Å²) in [4.78, 5) is 2.23. The molecule has 1 atom stereocenters. The molecule has 2 aliphatic heterocycles. The summed E-state index contributed by atoms with van der Waals surface area (Å²) in [7, 11) is 0. The topological polar surface area (TPSA) is 41.9 Å². The lowest BCUT2D eigenvalue weighted by Gasteiger charge is -2.18. The van der Waals surface area contributed by atoms with E-state index in [-0.39, 0.29) is 23.6 Å². The average molecular weight is 512 g/mol. The van der Waals surface area contributed by atoms with E-state index in [1.54, 1.807) is 18.2 Å². The fourth-order valence-corrected chi connectivity index (χ4v) is 5.08. The van der Waals surface area contributed by atoms with Crippen LogP contribution in [0.5, 0.6) is 17.2 Å². The first-order valence-corrected chi connectivity index (χ1v) is 12.6. The molecule has 0 bridgehead atoms. The molecule has 0 radical (unpaired) electrons. The molecular formula is C29H28ClF2NO3. The second-order valence-corrected chi connectivity index (χ2v) is 9.56. The van der Waals surface area contributed by atoms with E-state index in [1.165, 1.54) is 6.07 Å². The lowest BCUT2D eigenvalue weighted by atomic mass is 9.88. The SMILES string of the molecule is Oc1ccc2c(c1)OCCC(c1ccc(Cl)c(F)c1)=C2c1ccc(O[C@H]2CCN(CCCF)C2)cc1. The van der Waals surface area contributed by atoms with Crippen molar-refractivity contribution in [1.29, 1.82) is 0 Å². The van der Waals surface area contributed by atoms with Crippen LogP contribution in [-0.2, 0) is 0 Å². The second-order valence-electron chi connectivity index (χ2n) is 9.16. The Morgan fingerprint density at radius 2 is 1.86 bits per heavy atom. The Bertz CT molecular complexity index is 1260. The van der Waals surface area contributed by atoms with Gasteiger partial charge in [0.15, 0.2) is 0 Å². The van der Waals surface area contributed by atoms with Crippen molar-refractivity contribution >= 4 is 22.7 Å². The number of hydrogen-bond acceptors (Lipinski definition) is 4. The molecule has 5 rings (SSSR count). The molecule has 0 amide bonds. The van der Waals surface area contributed by atoms with Crippen LogP contribution < -0.4 is 9.47 Å². The quantitative estimate of drug-likeness (QED) is 0.381. The summed E-state index contributed by atoms with van der Waals surface area (Å²) in [5.74, 6) is 0.994. The van der Waals surface area contributed by atoms with E-state index < -0.39 is 5.82 Å². The highest BCUT2D eigenvalue weighted by molar-refractivity contribution is 6.30. The minimum absolute atomic E-state index is 0.0766. The van der Waals surface area contributed by atoms with Gasteiger partial charge in [0.2, 0.25) is 0 Å². The summed E-state index contributed by atoms with van der Waals surface area (Å²) in [6.07, 6.45) is 2.11. The molecule has 0 aliphatic carbocycles. The highest BCUT2D eigenvalue weighted by atomic mass is 35.5. The maximum atomic E-state index is 14.4. The first kappa shape index (κ1) is 24.6. The number of ether oxygens (including phenoxy) is 2. The molecule has 4 nitrogen and oxygen atoms in total. The van der Waals surface area contributed by atoms with Crippen molar-refractivity contribution in [2.24, 2.45) is 0 Å². The molecule has 188 valence electrons. The van der Waals surface area contributed by atoms with E-state index in [0.717, 1.165) is 59.6 Å². The summed E-state index contributed by atoms with van der Waals surface area (Å²) in [6, 6.07) is 17.8. The van der Waals surface area contributed by atoms with E-state index in [2.05, 4.69) is 4.90 Å². The summed E-state index contributed by atoms with van der Waals surface area (Å²) in [5, 5.41) is 10.1. The molecule has 0 saturated carbocycles. The monoisotopic (exact) mass is 511 g/mol.